The minimum atomic E-state index is -0.410. The van der Waals surface area contributed by atoms with Crippen molar-refractivity contribution in [1.82, 2.24) is 14.7 Å². The molecule has 6 rings (SSSR count). The van der Waals surface area contributed by atoms with Crippen LogP contribution in [0.4, 0.5) is 21.6 Å². The number of aromatic nitrogens is 2. The third-order valence-corrected chi connectivity index (χ3v) is 7.72. The molecule has 1 amide bonds. The Balaban J connectivity index is 1.24. The highest BCUT2D eigenvalue weighted by molar-refractivity contribution is 6.05. The fourth-order valence-electron chi connectivity index (χ4n) is 5.77. The van der Waals surface area contributed by atoms with Crippen LogP contribution in [-0.2, 0) is 4.79 Å². The number of hydrogen-bond acceptors (Lipinski definition) is 5. The number of nitrogens with zero attached hydrogens (tertiary/aromatic N) is 6. The summed E-state index contributed by atoms with van der Waals surface area (Å²) in [7, 11) is 0. The van der Waals surface area contributed by atoms with Gasteiger partial charge in [0.05, 0.1) is 12.2 Å². The van der Waals surface area contributed by atoms with Gasteiger partial charge in [-0.25, -0.2) is 14.1 Å². The van der Waals surface area contributed by atoms with Crippen LogP contribution in [0.2, 0.25) is 0 Å². The van der Waals surface area contributed by atoms with Gasteiger partial charge in [-0.3, -0.25) is 4.79 Å². The van der Waals surface area contributed by atoms with E-state index in [0.29, 0.717) is 26.2 Å². The third kappa shape index (κ3) is 4.14. The summed E-state index contributed by atoms with van der Waals surface area (Å²) >= 11 is 0. The lowest BCUT2D eigenvalue weighted by Gasteiger charge is -2.40. The number of halogens is 1. The molecule has 2 atom stereocenters. The molecule has 3 aromatic rings. The predicted molar refractivity (Wildman–Crippen MR) is 140 cm³/mol. The quantitative estimate of drug-likeness (QED) is 0.552. The zero-order valence-corrected chi connectivity index (χ0v) is 20.6. The standard InChI is InChI=1S/C28H31FN6O/c1-20-26(28(36)34-18-16-33(17-19-34)24-10-6-22(29)7-11-24)27(35-25(31-20)12-13-30-35)21-4-8-23(9-5-21)32-14-2-3-15-32/h4-13,26-27H,2-3,14-19H2,1H3. The van der Waals surface area contributed by atoms with Crippen LogP contribution in [0.15, 0.2) is 65.8 Å². The van der Waals surface area contributed by atoms with Gasteiger partial charge in [0, 0.05) is 62.4 Å². The summed E-state index contributed by atoms with van der Waals surface area (Å²) in [6.07, 6.45) is 4.23. The minimum Gasteiger partial charge on any atom is -0.372 e. The highest BCUT2D eigenvalue weighted by Crippen LogP contribution is 2.38. The monoisotopic (exact) mass is 486 g/mol. The van der Waals surface area contributed by atoms with E-state index >= 15 is 0 Å². The van der Waals surface area contributed by atoms with Crippen LogP contribution in [0.3, 0.4) is 0 Å². The van der Waals surface area contributed by atoms with Crippen molar-refractivity contribution in [2.45, 2.75) is 25.8 Å². The second-order valence-corrected chi connectivity index (χ2v) is 9.88. The first-order valence-electron chi connectivity index (χ1n) is 12.8. The second-order valence-electron chi connectivity index (χ2n) is 9.88. The number of fused-ring (bicyclic) bond motifs is 1. The van der Waals surface area contributed by atoms with Crippen molar-refractivity contribution >= 4 is 28.8 Å². The molecule has 0 saturated carbocycles. The highest BCUT2D eigenvalue weighted by atomic mass is 19.1. The van der Waals surface area contributed by atoms with Crippen molar-refractivity contribution in [3.63, 3.8) is 0 Å². The summed E-state index contributed by atoms with van der Waals surface area (Å²) < 4.78 is 15.2. The van der Waals surface area contributed by atoms with Gasteiger partial charge in [-0.05, 0) is 61.7 Å². The minimum absolute atomic E-state index is 0.0878. The number of rotatable bonds is 4. The molecule has 0 spiro atoms. The maximum atomic E-state index is 14.0. The van der Waals surface area contributed by atoms with Gasteiger partial charge >= 0.3 is 0 Å². The fraction of sp³-hybridized carbons (Fsp3) is 0.393. The van der Waals surface area contributed by atoms with E-state index < -0.39 is 5.92 Å². The Morgan fingerprint density at radius 3 is 2.11 bits per heavy atom. The molecule has 1 aromatic heterocycles. The van der Waals surface area contributed by atoms with Gasteiger partial charge in [-0.2, -0.15) is 5.10 Å². The van der Waals surface area contributed by atoms with Crippen LogP contribution in [0.5, 0.6) is 0 Å². The van der Waals surface area contributed by atoms with Gasteiger partial charge in [0.25, 0.3) is 0 Å². The zero-order valence-electron chi connectivity index (χ0n) is 20.6. The van der Waals surface area contributed by atoms with Crippen LogP contribution in [0, 0.1) is 11.7 Å². The van der Waals surface area contributed by atoms with E-state index in [1.54, 1.807) is 18.3 Å². The molecular formula is C28H31FN6O. The first kappa shape index (κ1) is 22.8. The number of carbonyl (C=O) groups excluding carboxylic acids is 1. The average Bonchev–Trinajstić information content (AvgIpc) is 3.61. The Labute approximate surface area is 210 Å². The summed E-state index contributed by atoms with van der Waals surface area (Å²) in [5.74, 6) is 0.223. The lowest BCUT2D eigenvalue weighted by molar-refractivity contribution is -0.134. The highest BCUT2D eigenvalue weighted by Gasteiger charge is 2.40. The first-order chi connectivity index (χ1) is 17.6. The molecular weight excluding hydrogens is 455 g/mol. The topological polar surface area (TPSA) is 57.0 Å². The Morgan fingerprint density at radius 2 is 1.44 bits per heavy atom. The Morgan fingerprint density at radius 1 is 0.833 bits per heavy atom. The summed E-state index contributed by atoms with van der Waals surface area (Å²) in [5.41, 5.74) is 4.11. The average molecular weight is 487 g/mol. The van der Waals surface area contributed by atoms with Crippen LogP contribution in [-0.4, -0.2) is 65.6 Å². The molecule has 0 aliphatic carbocycles. The first-order valence-corrected chi connectivity index (χ1v) is 12.8. The molecule has 0 N–H and O–H groups in total. The number of amides is 1. The van der Waals surface area contributed by atoms with E-state index in [9.17, 15) is 9.18 Å². The molecule has 7 nitrogen and oxygen atoms in total. The Bertz CT molecular complexity index is 1250. The smallest absolute Gasteiger partial charge is 0.234 e. The molecule has 2 aromatic carbocycles. The van der Waals surface area contributed by atoms with Gasteiger partial charge in [-0.1, -0.05) is 12.1 Å². The van der Waals surface area contributed by atoms with E-state index in [0.717, 1.165) is 35.9 Å². The van der Waals surface area contributed by atoms with E-state index in [1.807, 2.05) is 22.6 Å². The molecule has 0 radical (unpaired) electrons. The van der Waals surface area contributed by atoms with Crippen molar-refractivity contribution in [2.24, 2.45) is 10.9 Å². The van der Waals surface area contributed by atoms with Crippen molar-refractivity contribution in [2.75, 3.05) is 49.1 Å². The molecule has 8 heteroatoms. The number of carbonyl (C=O) groups is 1. The van der Waals surface area contributed by atoms with Gasteiger partial charge in [0.1, 0.15) is 11.7 Å². The SMILES string of the molecule is CC1=Nc2ccnn2C(c2ccc(N3CCCC3)cc2)C1C(=O)N1CCN(c2ccc(F)cc2)CC1. The summed E-state index contributed by atoms with van der Waals surface area (Å²) in [5, 5.41) is 4.58. The molecule has 2 saturated heterocycles. The molecule has 2 fully saturated rings. The second kappa shape index (κ2) is 9.41. The molecule has 3 aliphatic rings. The fourth-order valence-corrected chi connectivity index (χ4v) is 5.77. The maximum Gasteiger partial charge on any atom is 0.234 e. The molecule has 2 unspecified atom stereocenters. The number of hydrogen-bond donors (Lipinski definition) is 0. The predicted octanol–water partition coefficient (Wildman–Crippen LogP) is 4.28. The van der Waals surface area contributed by atoms with Gasteiger partial charge in [-0.15, -0.1) is 0 Å². The maximum absolute atomic E-state index is 14.0. The van der Waals surface area contributed by atoms with Gasteiger partial charge in [0.15, 0.2) is 5.82 Å². The van der Waals surface area contributed by atoms with E-state index in [4.69, 9.17) is 4.99 Å². The molecule has 36 heavy (non-hydrogen) atoms. The number of aliphatic imine (C=N–C) groups is 1. The van der Waals surface area contributed by atoms with Gasteiger partial charge in [0.2, 0.25) is 5.91 Å². The molecule has 0 bridgehead atoms. The van der Waals surface area contributed by atoms with E-state index in [2.05, 4.69) is 39.2 Å². The van der Waals surface area contributed by atoms with Crippen LogP contribution >= 0.6 is 0 Å². The summed E-state index contributed by atoms with van der Waals surface area (Å²) in [6, 6.07) is 16.9. The largest absolute Gasteiger partial charge is 0.372 e. The third-order valence-electron chi connectivity index (χ3n) is 7.72. The Kier molecular flexibility index (Phi) is 5.95. The number of anilines is 2. The summed E-state index contributed by atoms with van der Waals surface area (Å²) in [4.78, 5) is 25.3. The van der Waals surface area contributed by atoms with Crippen LogP contribution in [0.1, 0.15) is 31.4 Å². The lowest BCUT2D eigenvalue weighted by Crippen LogP contribution is -2.53. The van der Waals surface area contributed by atoms with Crippen LogP contribution in [0.25, 0.3) is 0 Å². The molecule has 4 heterocycles. The van der Waals surface area contributed by atoms with Crippen molar-refractivity contribution in [3.05, 3.63) is 72.2 Å². The zero-order chi connectivity index (χ0) is 24.6. The number of benzene rings is 2. The lowest BCUT2D eigenvalue weighted by atomic mass is 9.86. The number of piperazine rings is 1. The van der Waals surface area contributed by atoms with Crippen LogP contribution < -0.4 is 9.80 Å². The van der Waals surface area contributed by atoms with Crippen molar-refractivity contribution in [3.8, 4) is 0 Å². The van der Waals surface area contributed by atoms with Crippen molar-refractivity contribution < 1.29 is 9.18 Å². The van der Waals surface area contributed by atoms with E-state index in [1.165, 1.54) is 30.7 Å². The van der Waals surface area contributed by atoms with Gasteiger partial charge < -0.3 is 14.7 Å². The van der Waals surface area contributed by atoms with Crippen molar-refractivity contribution in [1.29, 1.82) is 0 Å². The van der Waals surface area contributed by atoms with E-state index in [-0.39, 0.29) is 17.8 Å². The summed E-state index contributed by atoms with van der Waals surface area (Å²) in [6.45, 7) is 6.81. The Hall–Kier alpha value is -3.68. The molecule has 186 valence electrons. The normalized spacial score (nSPS) is 21.9. The molecule has 3 aliphatic heterocycles.